The fraction of sp³-hybridized carbons (Fsp3) is 0.400. The first-order valence-electron chi connectivity index (χ1n) is 4.95. The maximum absolute atomic E-state index is 12.0. The Morgan fingerprint density at radius 2 is 2.11 bits per heavy atom. The minimum absolute atomic E-state index is 0.375. The Balaban J connectivity index is 2.96. The molecule has 1 N–H and O–H groups in total. The lowest BCUT2D eigenvalue weighted by atomic mass is 10.2. The number of nitrogens with zero attached hydrogens (tertiary/aromatic N) is 1. The van der Waals surface area contributed by atoms with Crippen LogP contribution in [0.4, 0.5) is 18.9 Å². The molecule has 0 atom stereocenters. The van der Waals surface area contributed by atoms with Gasteiger partial charge in [0.15, 0.2) is 12.4 Å². The minimum Gasteiger partial charge on any atom is -0.477 e. The molecular weight excluding hydrogens is 253 g/mol. The molecule has 8 heteroatoms. The number of benzene rings is 1. The SMILES string of the molecule is CNCc1ccc([N+](=O)[O-])c(OCC(F)(F)F)c1. The quantitative estimate of drug-likeness (QED) is 0.654. The van der Waals surface area contributed by atoms with Crippen molar-refractivity contribution in [2.75, 3.05) is 13.7 Å². The standard InChI is InChI=1S/C10H11F3N2O3/c1-14-5-7-2-3-8(15(16)17)9(4-7)18-6-10(11,12)13/h2-4,14H,5-6H2,1H3. The number of nitrogens with one attached hydrogen (secondary N) is 1. The van der Waals surface area contributed by atoms with Crippen LogP contribution < -0.4 is 10.1 Å². The van der Waals surface area contributed by atoms with E-state index in [1.807, 2.05) is 0 Å². The van der Waals surface area contributed by atoms with E-state index >= 15 is 0 Å². The second-order valence-electron chi connectivity index (χ2n) is 3.49. The molecule has 100 valence electrons. The summed E-state index contributed by atoms with van der Waals surface area (Å²) in [6, 6.07) is 3.80. The van der Waals surface area contributed by atoms with Crippen LogP contribution in [-0.4, -0.2) is 24.8 Å². The molecule has 0 fully saturated rings. The van der Waals surface area contributed by atoms with E-state index in [0.29, 0.717) is 12.1 Å². The van der Waals surface area contributed by atoms with E-state index in [1.54, 1.807) is 7.05 Å². The molecular formula is C10H11F3N2O3. The Labute approximate surface area is 101 Å². The van der Waals surface area contributed by atoms with Crippen LogP contribution in [0.15, 0.2) is 18.2 Å². The van der Waals surface area contributed by atoms with Gasteiger partial charge in [-0.2, -0.15) is 13.2 Å². The third-order valence-electron chi connectivity index (χ3n) is 1.99. The van der Waals surface area contributed by atoms with Gasteiger partial charge >= 0.3 is 11.9 Å². The van der Waals surface area contributed by atoms with E-state index in [4.69, 9.17) is 0 Å². The molecule has 0 saturated carbocycles. The highest BCUT2D eigenvalue weighted by molar-refractivity contribution is 5.48. The monoisotopic (exact) mass is 264 g/mol. The number of hydrogen-bond acceptors (Lipinski definition) is 4. The predicted octanol–water partition coefficient (Wildman–Crippen LogP) is 2.26. The first kappa shape index (κ1) is 14.2. The van der Waals surface area contributed by atoms with Crippen molar-refractivity contribution in [3.63, 3.8) is 0 Å². The highest BCUT2D eigenvalue weighted by atomic mass is 19.4. The van der Waals surface area contributed by atoms with Gasteiger partial charge in [-0.3, -0.25) is 10.1 Å². The second-order valence-corrected chi connectivity index (χ2v) is 3.49. The summed E-state index contributed by atoms with van der Waals surface area (Å²) in [5.74, 6) is -0.384. The van der Waals surface area contributed by atoms with Gasteiger partial charge in [-0.05, 0) is 18.7 Å². The molecule has 0 heterocycles. The lowest BCUT2D eigenvalue weighted by Crippen LogP contribution is -2.19. The summed E-state index contributed by atoms with van der Waals surface area (Å²) in [7, 11) is 1.65. The van der Waals surface area contributed by atoms with Crippen LogP contribution in [0.3, 0.4) is 0 Å². The van der Waals surface area contributed by atoms with Crippen LogP contribution in [0.5, 0.6) is 5.75 Å². The molecule has 0 unspecified atom stereocenters. The third kappa shape index (κ3) is 4.21. The van der Waals surface area contributed by atoms with Crippen molar-refractivity contribution < 1.29 is 22.8 Å². The zero-order chi connectivity index (χ0) is 13.8. The smallest absolute Gasteiger partial charge is 0.422 e. The number of nitro benzene ring substituents is 1. The number of rotatable bonds is 5. The minimum atomic E-state index is -4.53. The van der Waals surface area contributed by atoms with E-state index in [-0.39, 0.29) is 5.75 Å². The maximum atomic E-state index is 12.0. The van der Waals surface area contributed by atoms with Crippen molar-refractivity contribution >= 4 is 5.69 Å². The zero-order valence-electron chi connectivity index (χ0n) is 9.45. The summed E-state index contributed by atoms with van der Waals surface area (Å²) < 4.78 is 40.5. The van der Waals surface area contributed by atoms with Crippen molar-refractivity contribution in [2.24, 2.45) is 0 Å². The summed E-state index contributed by atoms with van der Waals surface area (Å²) in [6.45, 7) is -1.18. The fourth-order valence-corrected chi connectivity index (χ4v) is 1.30. The normalized spacial score (nSPS) is 11.3. The van der Waals surface area contributed by atoms with Gasteiger partial charge in [0, 0.05) is 12.6 Å². The average Bonchev–Trinajstić information content (AvgIpc) is 2.25. The van der Waals surface area contributed by atoms with Gasteiger partial charge in [0.1, 0.15) is 0 Å². The van der Waals surface area contributed by atoms with E-state index in [0.717, 1.165) is 6.07 Å². The summed E-state index contributed by atoms with van der Waals surface area (Å²) in [5, 5.41) is 13.4. The van der Waals surface area contributed by atoms with Gasteiger partial charge in [-0.1, -0.05) is 6.07 Å². The largest absolute Gasteiger partial charge is 0.477 e. The molecule has 5 nitrogen and oxygen atoms in total. The van der Waals surface area contributed by atoms with Crippen LogP contribution >= 0.6 is 0 Å². The highest BCUT2D eigenvalue weighted by Crippen LogP contribution is 2.29. The summed E-state index contributed by atoms with van der Waals surface area (Å²) in [5.41, 5.74) is 0.111. The van der Waals surface area contributed by atoms with Gasteiger partial charge in [0.05, 0.1) is 4.92 Å². The predicted molar refractivity (Wildman–Crippen MR) is 57.4 cm³/mol. The van der Waals surface area contributed by atoms with E-state index < -0.39 is 23.4 Å². The van der Waals surface area contributed by atoms with Gasteiger partial charge in [0.25, 0.3) is 0 Å². The van der Waals surface area contributed by atoms with Crippen LogP contribution in [0.2, 0.25) is 0 Å². The Morgan fingerprint density at radius 3 is 2.61 bits per heavy atom. The van der Waals surface area contributed by atoms with Gasteiger partial charge < -0.3 is 10.1 Å². The molecule has 0 aliphatic carbocycles. The Kier molecular flexibility index (Phi) is 4.49. The second kappa shape index (κ2) is 5.67. The van der Waals surface area contributed by atoms with E-state index in [9.17, 15) is 23.3 Å². The molecule has 0 spiro atoms. The topological polar surface area (TPSA) is 64.4 Å². The van der Waals surface area contributed by atoms with Crippen molar-refractivity contribution in [3.8, 4) is 5.75 Å². The lowest BCUT2D eigenvalue weighted by molar-refractivity contribution is -0.386. The van der Waals surface area contributed by atoms with Gasteiger partial charge in [0.2, 0.25) is 0 Å². The highest BCUT2D eigenvalue weighted by Gasteiger charge is 2.30. The van der Waals surface area contributed by atoms with Crippen molar-refractivity contribution in [2.45, 2.75) is 12.7 Å². The molecule has 0 saturated heterocycles. The molecule has 0 bridgehead atoms. The van der Waals surface area contributed by atoms with Crippen LogP contribution in [0, 0.1) is 10.1 Å². The summed E-state index contributed by atoms with van der Waals surface area (Å²) in [4.78, 5) is 9.86. The Bertz CT molecular complexity index is 435. The fourth-order valence-electron chi connectivity index (χ4n) is 1.30. The Hall–Kier alpha value is -1.83. The van der Waals surface area contributed by atoms with Crippen molar-refractivity contribution in [1.82, 2.24) is 5.32 Å². The number of halogens is 3. The van der Waals surface area contributed by atoms with Gasteiger partial charge in [-0.15, -0.1) is 0 Å². The number of ether oxygens (including phenoxy) is 1. The average molecular weight is 264 g/mol. The maximum Gasteiger partial charge on any atom is 0.422 e. The number of hydrogen-bond donors (Lipinski definition) is 1. The van der Waals surface area contributed by atoms with Crippen LogP contribution in [0.25, 0.3) is 0 Å². The molecule has 0 aliphatic heterocycles. The summed E-state index contributed by atoms with van der Waals surface area (Å²) in [6.07, 6.45) is -4.53. The van der Waals surface area contributed by atoms with Crippen LogP contribution in [0.1, 0.15) is 5.56 Å². The first-order valence-corrected chi connectivity index (χ1v) is 4.95. The summed E-state index contributed by atoms with van der Waals surface area (Å²) >= 11 is 0. The molecule has 1 rings (SSSR count). The number of alkyl halides is 3. The zero-order valence-corrected chi connectivity index (χ0v) is 9.45. The van der Waals surface area contributed by atoms with E-state index in [1.165, 1.54) is 12.1 Å². The van der Waals surface area contributed by atoms with Crippen molar-refractivity contribution in [1.29, 1.82) is 0 Å². The molecule has 1 aromatic rings. The molecule has 0 aliphatic rings. The number of nitro groups is 1. The molecule has 0 aromatic heterocycles. The van der Waals surface area contributed by atoms with Crippen molar-refractivity contribution in [3.05, 3.63) is 33.9 Å². The lowest BCUT2D eigenvalue weighted by Gasteiger charge is -2.10. The Morgan fingerprint density at radius 1 is 1.44 bits per heavy atom. The van der Waals surface area contributed by atoms with Crippen LogP contribution in [-0.2, 0) is 6.54 Å². The van der Waals surface area contributed by atoms with Gasteiger partial charge in [-0.25, -0.2) is 0 Å². The first-order chi connectivity index (χ1) is 8.33. The van der Waals surface area contributed by atoms with E-state index in [2.05, 4.69) is 10.1 Å². The molecule has 18 heavy (non-hydrogen) atoms. The molecule has 1 aromatic carbocycles. The molecule has 0 amide bonds. The molecule has 0 radical (unpaired) electrons. The third-order valence-corrected chi connectivity index (χ3v) is 1.99.